The van der Waals surface area contributed by atoms with Gasteiger partial charge in [0.25, 0.3) is 0 Å². The molecule has 0 heterocycles. The third kappa shape index (κ3) is 5.52. The van der Waals surface area contributed by atoms with E-state index in [1.165, 1.54) is 14.2 Å². The fourth-order valence-corrected chi connectivity index (χ4v) is 1.57. The standard InChI is InChI=1S/C13H22O4/c1-5-6-7-8-9-11(13(15)17-4)10(2)12(14)16-3/h5-9H2,1-4H3. The first kappa shape index (κ1) is 15.7. The molecular weight excluding hydrogens is 220 g/mol. The molecule has 17 heavy (non-hydrogen) atoms. The van der Waals surface area contributed by atoms with Gasteiger partial charge in [-0.05, 0) is 19.8 Å². The molecule has 0 aliphatic heterocycles. The smallest absolute Gasteiger partial charge is 0.334 e. The number of hydrogen-bond donors (Lipinski definition) is 0. The lowest BCUT2D eigenvalue weighted by Gasteiger charge is -2.09. The van der Waals surface area contributed by atoms with E-state index >= 15 is 0 Å². The van der Waals surface area contributed by atoms with Crippen LogP contribution in [0.3, 0.4) is 0 Å². The molecule has 0 radical (unpaired) electrons. The Kier molecular flexibility index (Phi) is 8.11. The second kappa shape index (κ2) is 8.79. The molecule has 4 nitrogen and oxygen atoms in total. The number of unbranched alkanes of at least 4 members (excludes halogenated alkanes) is 3. The van der Waals surface area contributed by atoms with Crippen LogP contribution in [-0.2, 0) is 19.1 Å². The average molecular weight is 242 g/mol. The van der Waals surface area contributed by atoms with Gasteiger partial charge in [-0.25, -0.2) is 9.59 Å². The largest absolute Gasteiger partial charge is 0.466 e. The van der Waals surface area contributed by atoms with Crippen molar-refractivity contribution in [1.82, 2.24) is 0 Å². The fourth-order valence-electron chi connectivity index (χ4n) is 1.57. The van der Waals surface area contributed by atoms with Crippen molar-refractivity contribution in [1.29, 1.82) is 0 Å². The summed E-state index contributed by atoms with van der Waals surface area (Å²) >= 11 is 0. The highest BCUT2D eigenvalue weighted by molar-refractivity contribution is 5.99. The molecule has 0 saturated carbocycles. The third-order valence-electron chi connectivity index (χ3n) is 2.66. The highest BCUT2D eigenvalue weighted by Gasteiger charge is 2.18. The molecule has 0 rings (SSSR count). The summed E-state index contributed by atoms with van der Waals surface area (Å²) in [5.74, 6) is -0.912. The lowest BCUT2D eigenvalue weighted by Crippen LogP contribution is -2.13. The van der Waals surface area contributed by atoms with Crippen LogP contribution in [0.1, 0.15) is 46.0 Å². The van der Waals surface area contributed by atoms with E-state index in [0.717, 1.165) is 25.7 Å². The predicted molar refractivity (Wildman–Crippen MR) is 65.5 cm³/mol. The molecule has 0 aliphatic carbocycles. The van der Waals surface area contributed by atoms with Crippen LogP contribution in [0.25, 0.3) is 0 Å². The van der Waals surface area contributed by atoms with E-state index in [2.05, 4.69) is 16.4 Å². The SMILES string of the molecule is CCCCCCC(C(=O)OC)=C(C)C(=O)OC. The molecule has 0 spiro atoms. The van der Waals surface area contributed by atoms with Crippen molar-refractivity contribution in [2.24, 2.45) is 0 Å². The highest BCUT2D eigenvalue weighted by atomic mass is 16.5. The molecule has 0 fully saturated rings. The third-order valence-corrected chi connectivity index (χ3v) is 2.66. The minimum absolute atomic E-state index is 0.343. The van der Waals surface area contributed by atoms with Crippen LogP contribution in [0, 0.1) is 0 Å². The molecular formula is C13H22O4. The molecule has 0 aromatic carbocycles. The molecule has 0 unspecified atom stereocenters. The summed E-state index contributed by atoms with van der Waals surface area (Å²) in [6.45, 7) is 3.72. The van der Waals surface area contributed by atoms with Gasteiger partial charge in [0, 0.05) is 11.1 Å². The monoisotopic (exact) mass is 242 g/mol. The van der Waals surface area contributed by atoms with Crippen LogP contribution in [0.2, 0.25) is 0 Å². The van der Waals surface area contributed by atoms with E-state index < -0.39 is 11.9 Å². The van der Waals surface area contributed by atoms with E-state index in [9.17, 15) is 9.59 Å². The number of methoxy groups -OCH3 is 2. The second-order valence-corrected chi connectivity index (χ2v) is 3.90. The van der Waals surface area contributed by atoms with E-state index in [4.69, 9.17) is 0 Å². The van der Waals surface area contributed by atoms with E-state index in [1.807, 2.05) is 0 Å². The van der Waals surface area contributed by atoms with Gasteiger partial charge in [-0.1, -0.05) is 26.2 Å². The van der Waals surface area contributed by atoms with Crippen LogP contribution in [-0.4, -0.2) is 26.2 Å². The average Bonchev–Trinajstić information content (AvgIpc) is 2.36. The predicted octanol–water partition coefficient (Wildman–Crippen LogP) is 2.62. The first-order valence-electron chi connectivity index (χ1n) is 5.94. The van der Waals surface area contributed by atoms with Gasteiger partial charge < -0.3 is 9.47 Å². The molecule has 0 aromatic rings. The Labute approximate surface area is 103 Å². The number of carbonyl (C=O) groups excluding carboxylic acids is 2. The lowest BCUT2D eigenvalue weighted by atomic mass is 10.0. The Bertz CT molecular complexity index is 292. The van der Waals surface area contributed by atoms with Crippen molar-refractivity contribution in [2.75, 3.05) is 14.2 Å². The zero-order valence-electron chi connectivity index (χ0n) is 11.2. The number of hydrogen-bond acceptors (Lipinski definition) is 4. The Morgan fingerprint density at radius 3 is 2.00 bits per heavy atom. The van der Waals surface area contributed by atoms with Crippen molar-refractivity contribution >= 4 is 11.9 Å². The van der Waals surface area contributed by atoms with E-state index in [0.29, 0.717) is 17.6 Å². The van der Waals surface area contributed by atoms with Gasteiger partial charge in [-0.2, -0.15) is 0 Å². The van der Waals surface area contributed by atoms with Crippen molar-refractivity contribution in [3.8, 4) is 0 Å². The molecule has 0 atom stereocenters. The Hall–Kier alpha value is -1.32. The van der Waals surface area contributed by atoms with Gasteiger partial charge >= 0.3 is 11.9 Å². The molecule has 98 valence electrons. The summed E-state index contributed by atoms with van der Waals surface area (Å²) in [5, 5.41) is 0. The van der Waals surface area contributed by atoms with Gasteiger partial charge in [0.05, 0.1) is 14.2 Å². The Morgan fingerprint density at radius 2 is 1.53 bits per heavy atom. The summed E-state index contributed by atoms with van der Waals surface area (Å²) in [5.41, 5.74) is 0.770. The normalized spacial score (nSPS) is 11.8. The van der Waals surface area contributed by atoms with E-state index in [-0.39, 0.29) is 0 Å². The zero-order chi connectivity index (χ0) is 13.3. The summed E-state index contributed by atoms with van der Waals surface area (Å²) in [4.78, 5) is 22.9. The molecule has 0 saturated heterocycles. The molecule has 0 aromatic heterocycles. The number of carbonyl (C=O) groups is 2. The molecule has 0 amide bonds. The van der Waals surface area contributed by atoms with Crippen LogP contribution in [0.5, 0.6) is 0 Å². The first-order chi connectivity index (χ1) is 8.08. The van der Waals surface area contributed by atoms with Crippen LogP contribution >= 0.6 is 0 Å². The van der Waals surface area contributed by atoms with Crippen LogP contribution in [0.4, 0.5) is 0 Å². The maximum atomic E-state index is 11.5. The van der Waals surface area contributed by atoms with Crippen molar-refractivity contribution in [3.63, 3.8) is 0 Å². The summed E-state index contributed by atoms with van der Waals surface area (Å²) < 4.78 is 9.29. The quantitative estimate of drug-likeness (QED) is 0.391. The van der Waals surface area contributed by atoms with Crippen molar-refractivity contribution in [3.05, 3.63) is 11.1 Å². The fraction of sp³-hybridized carbons (Fsp3) is 0.692. The van der Waals surface area contributed by atoms with Crippen LogP contribution in [0.15, 0.2) is 11.1 Å². The van der Waals surface area contributed by atoms with Gasteiger partial charge in [-0.15, -0.1) is 0 Å². The summed E-state index contributed by atoms with van der Waals surface area (Å²) in [6.07, 6.45) is 4.75. The maximum absolute atomic E-state index is 11.5. The molecule has 0 N–H and O–H groups in total. The summed E-state index contributed by atoms with van der Waals surface area (Å²) in [7, 11) is 2.62. The Morgan fingerprint density at radius 1 is 0.941 bits per heavy atom. The zero-order valence-corrected chi connectivity index (χ0v) is 11.2. The van der Waals surface area contributed by atoms with E-state index in [1.54, 1.807) is 6.92 Å². The Balaban J connectivity index is 4.64. The van der Waals surface area contributed by atoms with Gasteiger partial charge in [-0.3, -0.25) is 0 Å². The highest BCUT2D eigenvalue weighted by Crippen LogP contribution is 2.16. The number of rotatable bonds is 7. The second-order valence-electron chi connectivity index (χ2n) is 3.90. The minimum Gasteiger partial charge on any atom is -0.466 e. The maximum Gasteiger partial charge on any atom is 0.334 e. The minimum atomic E-state index is -0.471. The number of ether oxygens (including phenoxy) is 2. The molecule has 0 aliphatic rings. The lowest BCUT2D eigenvalue weighted by molar-refractivity contribution is -0.139. The first-order valence-corrected chi connectivity index (χ1v) is 5.94. The topological polar surface area (TPSA) is 52.6 Å². The summed E-state index contributed by atoms with van der Waals surface area (Å²) in [6, 6.07) is 0. The van der Waals surface area contributed by atoms with Gasteiger partial charge in [0.1, 0.15) is 0 Å². The van der Waals surface area contributed by atoms with Gasteiger partial charge in [0.15, 0.2) is 0 Å². The number of esters is 2. The van der Waals surface area contributed by atoms with Gasteiger partial charge in [0.2, 0.25) is 0 Å². The van der Waals surface area contributed by atoms with Crippen molar-refractivity contribution in [2.45, 2.75) is 46.0 Å². The van der Waals surface area contributed by atoms with Crippen LogP contribution < -0.4 is 0 Å². The molecule has 0 bridgehead atoms. The molecule has 4 heteroatoms. The van der Waals surface area contributed by atoms with Crippen molar-refractivity contribution < 1.29 is 19.1 Å².